The third-order valence-corrected chi connectivity index (χ3v) is 4.87. The van der Waals surface area contributed by atoms with Gasteiger partial charge in [-0.3, -0.25) is 0 Å². The van der Waals surface area contributed by atoms with Crippen molar-refractivity contribution in [1.29, 1.82) is 0 Å². The molecule has 0 aliphatic heterocycles. The first kappa shape index (κ1) is 24.2. The van der Waals surface area contributed by atoms with Gasteiger partial charge in [-0.15, -0.1) is 0 Å². The molecule has 0 aromatic carbocycles. The smallest absolute Gasteiger partial charge is 0.742 e. The van der Waals surface area contributed by atoms with E-state index < -0.39 is 15.2 Å². The van der Waals surface area contributed by atoms with E-state index in [0.717, 1.165) is 12.8 Å². The fraction of sp³-hybridized carbons (Fsp3) is 0.778. The summed E-state index contributed by atoms with van der Waals surface area (Å²) in [4.78, 5) is 0. The van der Waals surface area contributed by atoms with Crippen LogP contribution in [0.25, 0.3) is 0 Å². The van der Waals surface area contributed by atoms with Gasteiger partial charge in [0.2, 0.25) is 5.09 Å². The Hall–Kier alpha value is 0.190. The van der Waals surface area contributed by atoms with E-state index in [4.69, 9.17) is 4.42 Å². The molecular formula is C18H31NaO4S. The summed E-state index contributed by atoms with van der Waals surface area (Å²) in [5, 5.41) is -0.466. The molecule has 1 heterocycles. The Morgan fingerprint density at radius 3 is 1.71 bits per heavy atom. The number of hydrogen-bond donors (Lipinski definition) is 0. The van der Waals surface area contributed by atoms with Gasteiger partial charge in [0, 0.05) is 6.42 Å². The Labute approximate surface area is 169 Å². The van der Waals surface area contributed by atoms with Crippen molar-refractivity contribution in [3.05, 3.63) is 17.9 Å². The molecule has 0 atom stereocenters. The topological polar surface area (TPSA) is 70.3 Å². The monoisotopic (exact) mass is 366 g/mol. The number of hydrogen-bond acceptors (Lipinski definition) is 4. The van der Waals surface area contributed by atoms with Crippen molar-refractivity contribution in [2.24, 2.45) is 0 Å². The molecule has 1 rings (SSSR count). The van der Waals surface area contributed by atoms with E-state index in [1.807, 2.05) is 0 Å². The molecular weight excluding hydrogens is 335 g/mol. The van der Waals surface area contributed by atoms with Crippen LogP contribution >= 0.6 is 0 Å². The summed E-state index contributed by atoms with van der Waals surface area (Å²) < 4.78 is 37.4. The van der Waals surface area contributed by atoms with Crippen molar-refractivity contribution >= 4 is 10.1 Å². The Balaban J connectivity index is 0.00000529. The van der Waals surface area contributed by atoms with Gasteiger partial charge < -0.3 is 8.97 Å². The predicted octanol–water partition coefficient (Wildman–Crippen LogP) is 2.43. The first-order chi connectivity index (χ1) is 11.0. The molecule has 0 amide bonds. The van der Waals surface area contributed by atoms with E-state index in [0.29, 0.717) is 12.2 Å². The van der Waals surface area contributed by atoms with Crippen LogP contribution in [-0.4, -0.2) is 13.0 Å². The molecule has 0 saturated carbocycles. The summed E-state index contributed by atoms with van der Waals surface area (Å²) in [6, 6.07) is 2.83. The molecule has 0 fully saturated rings. The van der Waals surface area contributed by atoms with Gasteiger partial charge in [-0.05, 0) is 18.6 Å². The average molecular weight is 366 g/mol. The summed E-state index contributed by atoms with van der Waals surface area (Å²) in [6.45, 7) is 2.25. The van der Waals surface area contributed by atoms with Gasteiger partial charge in [0.05, 0.1) is 0 Å². The van der Waals surface area contributed by atoms with Crippen LogP contribution in [0.15, 0.2) is 21.6 Å². The molecule has 24 heavy (non-hydrogen) atoms. The molecule has 134 valence electrons. The molecule has 0 saturated heterocycles. The van der Waals surface area contributed by atoms with Gasteiger partial charge in [-0.2, -0.15) is 0 Å². The zero-order valence-electron chi connectivity index (χ0n) is 15.4. The molecule has 4 nitrogen and oxygen atoms in total. The first-order valence-electron chi connectivity index (χ1n) is 9.08. The Bertz CT molecular complexity index is 511. The number of rotatable bonds is 14. The fourth-order valence-electron chi connectivity index (χ4n) is 2.77. The molecule has 0 aliphatic carbocycles. The van der Waals surface area contributed by atoms with Gasteiger partial charge >= 0.3 is 29.6 Å². The number of unbranched alkanes of at least 4 members (excludes halogenated alkanes) is 11. The Morgan fingerprint density at radius 1 is 0.833 bits per heavy atom. The standard InChI is InChI=1S/C18H32O4S.Na/c1-2-3-4-5-6-7-8-9-10-11-12-13-14-17-15-16-18(22-17)23(19,20)21;/h15-16H,2-14H2,1H3,(H,19,20,21);/q;+1/p-1. The molecule has 0 bridgehead atoms. The minimum absolute atomic E-state index is 0. The van der Waals surface area contributed by atoms with E-state index >= 15 is 0 Å². The third kappa shape index (κ3) is 11.7. The fourth-order valence-corrected chi connectivity index (χ4v) is 3.21. The number of furan rings is 1. The van der Waals surface area contributed by atoms with E-state index in [9.17, 15) is 13.0 Å². The van der Waals surface area contributed by atoms with E-state index in [-0.39, 0.29) is 29.6 Å². The molecule has 6 heteroatoms. The minimum atomic E-state index is -4.45. The van der Waals surface area contributed by atoms with Crippen molar-refractivity contribution in [2.75, 3.05) is 0 Å². The van der Waals surface area contributed by atoms with Crippen LogP contribution < -0.4 is 29.6 Å². The summed E-state index contributed by atoms with van der Waals surface area (Å²) in [7, 11) is -4.45. The molecule has 0 N–H and O–H groups in total. The zero-order chi connectivity index (χ0) is 17.0. The van der Waals surface area contributed by atoms with Crippen molar-refractivity contribution in [3.63, 3.8) is 0 Å². The van der Waals surface area contributed by atoms with Crippen LogP contribution in [0.2, 0.25) is 0 Å². The molecule has 0 unspecified atom stereocenters. The quantitative estimate of drug-likeness (QED) is 0.288. The van der Waals surface area contributed by atoms with Crippen LogP contribution in [-0.2, 0) is 16.5 Å². The van der Waals surface area contributed by atoms with Gasteiger partial charge in [-0.1, -0.05) is 77.6 Å². The predicted molar refractivity (Wildman–Crippen MR) is 91.5 cm³/mol. The average Bonchev–Trinajstić information content (AvgIpc) is 2.97. The largest absolute Gasteiger partial charge is 1.00 e. The van der Waals surface area contributed by atoms with Crippen molar-refractivity contribution < 1.29 is 46.9 Å². The van der Waals surface area contributed by atoms with E-state index in [1.165, 1.54) is 70.3 Å². The third-order valence-electron chi connectivity index (χ3n) is 4.16. The van der Waals surface area contributed by atoms with Crippen LogP contribution in [0.3, 0.4) is 0 Å². The number of aryl methyl sites for hydroxylation is 1. The van der Waals surface area contributed by atoms with Crippen molar-refractivity contribution in [3.8, 4) is 0 Å². The normalized spacial score (nSPS) is 11.4. The van der Waals surface area contributed by atoms with Crippen LogP contribution in [0.4, 0.5) is 0 Å². The van der Waals surface area contributed by atoms with Crippen LogP contribution in [0.1, 0.15) is 89.7 Å². The second-order valence-electron chi connectivity index (χ2n) is 6.31. The van der Waals surface area contributed by atoms with Crippen LogP contribution in [0, 0.1) is 0 Å². The first-order valence-corrected chi connectivity index (χ1v) is 10.5. The maximum Gasteiger partial charge on any atom is 1.00 e. The molecule has 1 aromatic heterocycles. The van der Waals surface area contributed by atoms with Gasteiger partial charge in [0.25, 0.3) is 0 Å². The maximum absolute atomic E-state index is 10.8. The summed E-state index contributed by atoms with van der Waals surface area (Å²) in [6.07, 6.45) is 16.1. The zero-order valence-corrected chi connectivity index (χ0v) is 18.2. The molecule has 1 aromatic rings. The van der Waals surface area contributed by atoms with E-state index in [2.05, 4.69) is 6.92 Å². The summed E-state index contributed by atoms with van der Waals surface area (Å²) >= 11 is 0. The van der Waals surface area contributed by atoms with Crippen molar-refractivity contribution in [2.45, 2.75) is 95.5 Å². The summed E-state index contributed by atoms with van der Waals surface area (Å²) in [5.41, 5.74) is 0. The van der Waals surface area contributed by atoms with Gasteiger partial charge in [-0.25, -0.2) is 8.42 Å². The second-order valence-corrected chi connectivity index (χ2v) is 7.62. The summed E-state index contributed by atoms with van der Waals surface area (Å²) in [5.74, 6) is 0.589. The minimum Gasteiger partial charge on any atom is -0.742 e. The Morgan fingerprint density at radius 2 is 1.29 bits per heavy atom. The second kappa shape index (κ2) is 14.4. The van der Waals surface area contributed by atoms with Gasteiger partial charge in [0.1, 0.15) is 5.76 Å². The van der Waals surface area contributed by atoms with Gasteiger partial charge in [0.15, 0.2) is 10.1 Å². The molecule has 0 aliphatic rings. The Kier molecular flexibility index (Phi) is 14.5. The van der Waals surface area contributed by atoms with Crippen LogP contribution in [0.5, 0.6) is 0 Å². The van der Waals surface area contributed by atoms with E-state index in [1.54, 1.807) is 6.07 Å². The molecule has 0 radical (unpaired) electrons. The molecule has 0 spiro atoms. The maximum atomic E-state index is 10.8. The SMILES string of the molecule is CCCCCCCCCCCCCCc1ccc(S(=O)(=O)[O-])o1.[Na+]. The van der Waals surface area contributed by atoms with Crippen molar-refractivity contribution in [1.82, 2.24) is 0 Å².